The van der Waals surface area contributed by atoms with Crippen LogP contribution in [0.1, 0.15) is 18.5 Å². The van der Waals surface area contributed by atoms with Gasteiger partial charge in [0.25, 0.3) is 0 Å². The normalized spacial score (nSPS) is 16.9. The summed E-state index contributed by atoms with van der Waals surface area (Å²) in [4.78, 5) is 24.8. The first-order chi connectivity index (χ1) is 12.7. The van der Waals surface area contributed by atoms with E-state index in [-0.39, 0.29) is 11.8 Å². The molecule has 4 rings (SSSR count). The quantitative estimate of drug-likeness (QED) is 0.910. The number of rotatable bonds is 4. The fourth-order valence-electron chi connectivity index (χ4n) is 3.16. The Hall–Kier alpha value is -3.14. The average Bonchev–Trinajstić information content (AvgIpc) is 3.54. The maximum absolute atomic E-state index is 11.8. The van der Waals surface area contributed by atoms with Gasteiger partial charge in [0.15, 0.2) is 5.69 Å². The Kier molecular flexibility index (Phi) is 4.40. The zero-order valence-corrected chi connectivity index (χ0v) is 14.4. The molecule has 132 valence electrons. The van der Waals surface area contributed by atoms with Crippen molar-refractivity contribution < 1.29 is 4.79 Å². The third-order valence-corrected chi connectivity index (χ3v) is 4.83. The summed E-state index contributed by atoms with van der Waals surface area (Å²) in [5.74, 6) is 0.859. The highest BCUT2D eigenvalue weighted by Gasteiger charge is 2.29. The van der Waals surface area contributed by atoms with Crippen molar-refractivity contribution >= 4 is 23.1 Å². The summed E-state index contributed by atoms with van der Waals surface area (Å²) in [6.45, 7) is 3.32. The molecule has 0 atom stereocenters. The van der Waals surface area contributed by atoms with E-state index in [1.807, 2.05) is 30.5 Å². The molecule has 1 saturated carbocycles. The van der Waals surface area contributed by atoms with E-state index in [2.05, 4.69) is 31.2 Å². The van der Waals surface area contributed by atoms with Gasteiger partial charge in [0.2, 0.25) is 5.91 Å². The maximum Gasteiger partial charge on any atom is 0.228 e. The van der Waals surface area contributed by atoms with Crippen LogP contribution in [0.2, 0.25) is 0 Å². The molecule has 1 aliphatic carbocycles. The SMILES string of the molecule is N#Cc1ncccc1N1CCN(c2ccc(NC(=O)C3CC3)nc2)CC1. The second-order valence-electron chi connectivity index (χ2n) is 6.62. The van der Waals surface area contributed by atoms with Crippen molar-refractivity contribution in [3.8, 4) is 6.07 Å². The Morgan fingerprint density at radius 1 is 1.12 bits per heavy atom. The molecule has 0 unspecified atom stereocenters. The van der Waals surface area contributed by atoms with Gasteiger partial charge in [-0.2, -0.15) is 5.26 Å². The molecule has 2 aromatic rings. The van der Waals surface area contributed by atoms with Crippen LogP contribution >= 0.6 is 0 Å². The van der Waals surface area contributed by atoms with Crippen LogP contribution in [0, 0.1) is 17.2 Å². The third-order valence-electron chi connectivity index (χ3n) is 4.83. The Labute approximate surface area is 152 Å². The molecule has 1 amide bonds. The van der Waals surface area contributed by atoms with Crippen LogP contribution < -0.4 is 15.1 Å². The lowest BCUT2D eigenvalue weighted by Crippen LogP contribution is -2.46. The fourth-order valence-corrected chi connectivity index (χ4v) is 3.16. The first-order valence-corrected chi connectivity index (χ1v) is 8.86. The molecule has 0 radical (unpaired) electrons. The van der Waals surface area contributed by atoms with Crippen LogP contribution in [0.4, 0.5) is 17.2 Å². The lowest BCUT2D eigenvalue weighted by atomic mass is 10.2. The summed E-state index contributed by atoms with van der Waals surface area (Å²) in [6, 6.07) is 9.82. The van der Waals surface area contributed by atoms with E-state index in [4.69, 9.17) is 0 Å². The number of nitrogens with zero attached hydrogens (tertiary/aromatic N) is 5. The third kappa shape index (κ3) is 3.45. The number of hydrogen-bond donors (Lipinski definition) is 1. The minimum Gasteiger partial charge on any atom is -0.367 e. The van der Waals surface area contributed by atoms with Crippen molar-refractivity contribution in [3.05, 3.63) is 42.4 Å². The average molecular weight is 348 g/mol. The standard InChI is InChI=1S/C19H20N6O/c20-12-16-17(2-1-7-21-16)25-10-8-24(9-11-25)15-5-6-18(22-13-15)23-19(26)14-3-4-14/h1-2,5-7,13-14H,3-4,8-11H2,(H,22,23,26). The van der Waals surface area contributed by atoms with Crippen molar-refractivity contribution in [1.29, 1.82) is 5.26 Å². The predicted octanol–water partition coefficient (Wildman–Crippen LogP) is 2.02. The maximum atomic E-state index is 11.8. The lowest BCUT2D eigenvalue weighted by molar-refractivity contribution is -0.117. The highest BCUT2D eigenvalue weighted by Crippen LogP contribution is 2.30. The number of nitrogens with one attached hydrogen (secondary N) is 1. The molecule has 1 saturated heterocycles. The number of piperazine rings is 1. The van der Waals surface area contributed by atoms with Gasteiger partial charge in [-0.15, -0.1) is 0 Å². The Morgan fingerprint density at radius 3 is 2.54 bits per heavy atom. The van der Waals surface area contributed by atoms with Gasteiger partial charge >= 0.3 is 0 Å². The van der Waals surface area contributed by atoms with Gasteiger partial charge in [-0.25, -0.2) is 9.97 Å². The van der Waals surface area contributed by atoms with Gasteiger partial charge in [-0.3, -0.25) is 4.79 Å². The van der Waals surface area contributed by atoms with Crippen molar-refractivity contribution in [2.24, 2.45) is 5.92 Å². The molecule has 2 aromatic heterocycles. The highest BCUT2D eigenvalue weighted by molar-refractivity contribution is 5.93. The smallest absolute Gasteiger partial charge is 0.228 e. The van der Waals surface area contributed by atoms with Crippen LogP contribution in [-0.2, 0) is 4.79 Å². The molecule has 0 bridgehead atoms. The lowest BCUT2D eigenvalue weighted by Gasteiger charge is -2.37. The number of hydrogen-bond acceptors (Lipinski definition) is 6. The van der Waals surface area contributed by atoms with Crippen molar-refractivity contribution in [2.75, 3.05) is 41.3 Å². The van der Waals surface area contributed by atoms with Gasteiger partial charge in [-0.05, 0) is 37.1 Å². The molecule has 26 heavy (non-hydrogen) atoms. The van der Waals surface area contributed by atoms with E-state index < -0.39 is 0 Å². The van der Waals surface area contributed by atoms with Gasteiger partial charge < -0.3 is 15.1 Å². The molecule has 3 heterocycles. The number of amides is 1. The Balaban J connectivity index is 1.37. The summed E-state index contributed by atoms with van der Waals surface area (Å²) >= 11 is 0. The topological polar surface area (TPSA) is 85.2 Å². The number of aromatic nitrogens is 2. The molecular formula is C19H20N6O. The molecule has 7 heteroatoms. The Morgan fingerprint density at radius 2 is 1.88 bits per heavy atom. The minimum atomic E-state index is 0.0728. The fraction of sp³-hybridized carbons (Fsp3) is 0.368. The summed E-state index contributed by atoms with van der Waals surface area (Å²) < 4.78 is 0. The number of nitriles is 1. The molecule has 2 fully saturated rings. The Bertz CT molecular complexity index is 832. The number of anilines is 3. The van der Waals surface area contributed by atoms with E-state index in [0.717, 1.165) is 50.4 Å². The largest absolute Gasteiger partial charge is 0.367 e. The first-order valence-electron chi connectivity index (χ1n) is 8.86. The van der Waals surface area contributed by atoms with Crippen LogP contribution in [-0.4, -0.2) is 42.1 Å². The molecule has 1 aliphatic heterocycles. The highest BCUT2D eigenvalue weighted by atomic mass is 16.2. The predicted molar refractivity (Wildman–Crippen MR) is 99.0 cm³/mol. The van der Waals surface area contributed by atoms with E-state index >= 15 is 0 Å². The van der Waals surface area contributed by atoms with E-state index in [9.17, 15) is 10.1 Å². The zero-order valence-electron chi connectivity index (χ0n) is 14.4. The molecule has 7 nitrogen and oxygen atoms in total. The minimum absolute atomic E-state index is 0.0728. The van der Waals surface area contributed by atoms with Gasteiger partial charge in [0.1, 0.15) is 11.9 Å². The van der Waals surface area contributed by atoms with E-state index in [1.54, 1.807) is 6.20 Å². The van der Waals surface area contributed by atoms with Crippen molar-refractivity contribution in [2.45, 2.75) is 12.8 Å². The van der Waals surface area contributed by atoms with E-state index in [1.165, 1.54) is 0 Å². The molecule has 0 spiro atoms. The number of pyridine rings is 2. The van der Waals surface area contributed by atoms with Crippen LogP contribution in [0.3, 0.4) is 0 Å². The molecular weight excluding hydrogens is 328 g/mol. The van der Waals surface area contributed by atoms with Crippen molar-refractivity contribution in [1.82, 2.24) is 9.97 Å². The second kappa shape index (κ2) is 7.00. The van der Waals surface area contributed by atoms with Crippen molar-refractivity contribution in [3.63, 3.8) is 0 Å². The number of carbonyl (C=O) groups excluding carboxylic acids is 1. The molecule has 1 N–H and O–H groups in total. The summed E-state index contributed by atoms with van der Waals surface area (Å²) in [7, 11) is 0. The van der Waals surface area contributed by atoms with E-state index in [0.29, 0.717) is 11.5 Å². The van der Waals surface area contributed by atoms with Gasteiger partial charge in [0, 0.05) is 38.3 Å². The van der Waals surface area contributed by atoms with Gasteiger partial charge in [0.05, 0.1) is 17.6 Å². The van der Waals surface area contributed by atoms with Crippen LogP contribution in [0.15, 0.2) is 36.7 Å². The monoisotopic (exact) mass is 348 g/mol. The first kappa shape index (κ1) is 16.3. The van der Waals surface area contributed by atoms with Crippen LogP contribution in [0.25, 0.3) is 0 Å². The summed E-state index contributed by atoms with van der Waals surface area (Å²) in [5, 5.41) is 12.1. The summed E-state index contributed by atoms with van der Waals surface area (Å²) in [6.07, 6.45) is 5.42. The number of carbonyl (C=O) groups is 1. The molecule has 2 aliphatic rings. The molecule has 0 aromatic carbocycles. The van der Waals surface area contributed by atoms with Crippen LogP contribution in [0.5, 0.6) is 0 Å². The van der Waals surface area contributed by atoms with Gasteiger partial charge in [-0.1, -0.05) is 0 Å². The zero-order chi connectivity index (χ0) is 17.9. The second-order valence-corrected chi connectivity index (χ2v) is 6.62. The summed E-state index contributed by atoms with van der Waals surface area (Å²) in [5.41, 5.74) is 2.41.